The summed E-state index contributed by atoms with van der Waals surface area (Å²) < 4.78 is 0. The molecule has 0 saturated carbocycles. The molecule has 104 valence electrons. The number of likely N-dealkylation sites (N-methyl/N-ethyl adjacent to an activating group) is 1. The second-order valence-corrected chi connectivity index (χ2v) is 5.88. The zero-order chi connectivity index (χ0) is 14.2. The van der Waals surface area contributed by atoms with Crippen molar-refractivity contribution in [2.24, 2.45) is 0 Å². The zero-order valence-electron chi connectivity index (χ0n) is 12.2. The molecule has 1 aliphatic heterocycles. The van der Waals surface area contributed by atoms with Crippen LogP contribution in [0, 0.1) is 0 Å². The van der Waals surface area contributed by atoms with Gasteiger partial charge in [0.25, 0.3) is 0 Å². The number of hydrogen-bond donors (Lipinski definition) is 0. The van der Waals surface area contributed by atoms with Crippen molar-refractivity contribution in [3.63, 3.8) is 0 Å². The second-order valence-electron chi connectivity index (χ2n) is 5.88. The molecule has 0 N–H and O–H groups in total. The van der Waals surface area contributed by atoms with E-state index in [1.165, 1.54) is 22.2 Å². The van der Waals surface area contributed by atoms with Gasteiger partial charge in [-0.25, -0.2) is 0 Å². The van der Waals surface area contributed by atoms with E-state index in [2.05, 4.69) is 72.6 Å². The highest BCUT2D eigenvalue weighted by molar-refractivity contribution is 5.78. The Morgan fingerprint density at radius 2 is 1.76 bits per heavy atom. The maximum absolute atomic E-state index is 4.91. The van der Waals surface area contributed by atoms with Crippen LogP contribution in [0.15, 0.2) is 60.7 Å². The third-order valence-electron chi connectivity index (χ3n) is 4.34. The van der Waals surface area contributed by atoms with E-state index in [4.69, 9.17) is 4.98 Å². The van der Waals surface area contributed by atoms with Crippen LogP contribution in [0.4, 0.5) is 0 Å². The van der Waals surface area contributed by atoms with Crippen LogP contribution < -0.4 is 0 Å². The van der Waals surface area contributed by atoms with Crippen LogP contribution in [0.2, 0.25) is 0 Å². The minimum Gasteiger partial charge on any atom is -0.301 e. The van der Waals surface area contributed by atoms with E-state index in [1.54, 1.807) is 0 Å². The van der Waals surface area contributed by atoms with Crippen molar-refractivity contribution >= 4 is 10.9 Å². The predicted octanol–water partition coefficient (Wildman–Crippen LogP) is 3.81. The van der Waals surface area contributed by atoms with Crippen LogP contribution >= 0.6 is 0 Å². The van der Waals surface area contributed by atoms with Crippen molar-refractivity contribution in [3.8, 4) is 0 Å². The van der Waals surface area contributed by atoms with Gasteiger partial charge in [0, 0.05) is 30.1 Å². The number of nitrogens with zero attached hydrogens (tertiary/aromatic N) is 2. The maximum atomic E-state index is 4.91. The number of pyridine rings is 1. The molecule has 0 saturated heterocycles. The van der Waals surface area contributed by atoms with Crippen molar-refractivity contribution in [3.05, 3.63) is 77.5 Å². The lowest BCUT2D eigenvalue weighted by Gasteiger charge is -2.32. The average Bonchev–Trinajstić information content (AvgIpc) is 2.53. The van der Waals surface area contributed by atoms with E-state index < -0.39 is 0 Å². The Morgan fingerprint density at radius 1 is 0.952 bits per heavy atom. The molecule has 0 amide bonds. The van der Waals surface area contributed by atoms with Gasteiger partial charge in [0.1, 0.15) is 0 Å². The SMILES string of the molecule is CN1Cc2ccccc2[C@@H](c2ccc3ccccc3n2)C1. The van der Waals surface area contributed by atoms with E-state index >= 15 is 0 Å². The number of rotatable bonds is 1. The average molecular weight is 274 g/mol. The van der Waals surface area contributed by atoms with Crippen LogP contribution in [0.3, 0.4) is 0 Å². The van der Waals surface area contributed by atoms with Crippen molar-refractivity contribution in [2.75, 3.05) is 13.6 Å². The summed E-state index contributed by atoms with van der Waals surface area (Å²) >= 11 is 0. The molecule has 3 aromatic rings. The van der Waals surface area contributed by atoms with E-state index in [-0.39, 0.29) is 0 Å². The van der Waals surface area contributed by atoms with E-state index in [0.717, 1.165) is 18.6 Å². The summed E-state index contributed by atoms with van der Waals surface area (Å²) in [6, 6.07) is 21.5. The molecule has 1 aliphatic rings. The molecule has 0 unspecified atom stereocenters. The molecule has 0 radical (unpaired) electrons. The third-order valence-corrected chi connectivity index (χ3v) is 4.34. The number of para-hydroxylation sites is 1. The first-order valence-corrected chi connectivity index (χ1v) is 7.43. The quantitative estimate of drug-likeness (QED) is 0.671. The first-order valence-electron chi connectivity index (χ1n) is 7.43. The Balaban J connectivity index is 1.84. The van der Waals surface area contributed by atoms with Gasteiger partial charge in [0.15, 0.2) is 0 Å². The smallest absolute Gasteiger partial charge is 0.0705 e. The molecule has 2 heteroatoms. The third kappa shape index (κ3) is 2.22. The summed E-state index contributed by atoms with van der Waals surface area (Å²) in [7, 11) is 2.18. The zero-order valence-corrected chi connectivity index (χ0v) is 12.2. The van der Waals surface area contributed by atoms with Gasteiger partial charge in [-0.1, -0.05) is 48.5 Å². The lowest BCUT2D eigenvalue weighted by Crippen LogP contribution is -2.31. The van der Waals surface area contributed by atoms with Crippen LogP contribution in [0.5, 0.6) is 0 Å². The van der Waals surface area contributed by atoms with Crippen LogP contribution in [-0.4, -0.2) is 23.5 Å². The van der Waals surface area contributed by atoms with Crippen LogP contribution in [0.1, 0.15) is 22.7 Å². The largest absolute Gasteiger partial charge is 0.301 e. The van der Waals surface area contributed by atoms with E-state index in [1.807, 2.05) is 0 Å². The predicted molar refractivity (Wildman–Crippen MR) is 86.4 cm³/mol. The molecular formula is C19H18N2. The fraction of sp³-hybridized carbons (Fsp3) is 0.211. The Labute approximate surface area is 125 Å². The Bertz CT molecular complexity index is 794. The van der Waals surface area contributed by atoms with Crippen molar-refractivity contribution in [2.45, 2.75) is 12.5 Å². The topological polar surface area (TPSA) is 16.1 Å². The van der Waals surface area contributed by atoms with Crippen molar-refractivity contribution in [1.82, 2.24) is 9.88 Å². The summed E-state index contributed by atoms with van der Waals surface area (Å²) in [5.74, 6) is 0.365. The molecule has 0 spiro atoms. The summed E-state index contributed by atoms with van der Waals surface area (Å²) in [4.78, 5) is 7.28. The molecule has 1 atom stereocenters. The molecular weight excluding hydrogens is 256 g/mol. The van der Waals surface area contributed by atoms with Crippen LogP contribution in [-0.2, 0) is 6.54 Å². The van der Waals surface area contributed by atoms with E-state index in [0.29, 0.717) is 5.92 Å². The highest BCUT2D eigenvalue weighted by atomic mass is 15.1. The van der Waals surface area contributed by atoms with Gasteiger partial charge in [0.2, 0.25) is 0 Å². The van der Waals surface area contributed by atoms with Gasteiger partial charge in [0.05, 0.1) is 5.52 Å². The van der Waals surface area contributed by atoms with Gasteiger partial charge in [-0.15, -0.1) is 0 Å². The highest BCUT2D eigenvalue weighted by Gasteiger charge is 2.25. The number of fused-ring (bicyclic) bond motifs is 2. The van der Waals surface area contributed by atoms with Crippen LogP contribution in [0.25, 0.3) is 10.9 Å². The highest BCUT2D eigenvalue weighted by Crippen LogP contribution is 2.32. The van der Waals surface area contributed by atoms with Gasteiger partial charge < -0.3 is 4.90 Å². The maximum Gasteiger partial charge on any atom is 0.0705 e. The number of benzene rings is 2. The number of hydrogen-bond acceptors (Lipinski definition) is 2. The lowest BCUT2D eigenvalue weighted by atomic mass is 9.87. The lowest BCUT2D eigenvalue weighted by molar-refractivity contribution is 0.293. The molecule has 2 aromatic carbocycles. The summed E-state index contributed by atoms with van der Waals surface area (Å²) in [6.07, 6.45) is 0. The molecule has 4 rings (SSSR count). The van der Waals surface area contributed by atoms with Gasteiger partial charge in [-0.3, -0.25) is 4.98 Å². The molecule has 0 bridgehead atoms. The van der Waals surface area contributed by atoms with Gasteiger partial charge in [-0.05, 0) is 30.3 Å². The first kappa shape index (κ1) is 12.5. The Morgan fingerprint density at radius 3 is 2.71 bits per heavy atom. The minimum atomic E-state index is 0.365. The standard InChI is InChI=1S/C19H18N2/c1-21-12-15-7-2-4-8-16(15)17(13-21)19-11-10-14-6-3-5-9-18(14)20-19/h2-11,17H,12-13H2,1H3/t17-/m0/s1. The first-order chi connectivity index (χ1) is 10.3. The van der Waals surface area contributed by atoms with E-state index in [9.17, 15) is 0 Å². The number of aromatic nitrogens is 1. The molecule has 0 aliphatic carbocycles. The molecule has 1 aromatic heterocycles. The van der Waals surface area contributed by atoms with Gasteiger partial charge >= 0.3 is 0 Å². The fourth-order valence-corrected chi connectivity index (χ4v) is 3.31. The molecule has 0 fully saturated rings. The Kier molecular flexibility index (Phi) is 2.97. The summed E-state index contributed by atoms with van der Waals surface area (Å²) in [6.45, 7) is 2.06. The molecule has 2 nitrogen and oxygen atoms in total. The monoisotopic (exact) mass is 274 g/mol. The molecule has 21 heavy (non-hydrogen) atoms. The molecule has 2 heterocycles. The van der Waals surface area contributed by atoms with Crippen molar-refractivity contribution < 1.29 is 0 Å². The summed E-state index contributed by atoms with van der Waals surface area (Å²) in [5.41, 5.74) is 5.11. The fourth-order valence-electron chi connectivity index (χ4n) is 3.31. The summed E-state index contributed by atoms with van der Waals surface area (Å²) in [5, 5.41) is 1.21. The second kappa shape index (κ2) is 4.97. The van der Waals surface area contributed by atoms with Gasteiger partial charge in [-0.2, -0.15) is 0 Å². The van der Waals surface area contributed by atoms with Crippen molar-refractivity contribution in [1.29, 1.82) is 0 Å². The normalized spacial score (nSPS) is 18.6. The minimum absolute atomic E-state index is 0.365. The Hall–Kier alpha value is -2.19.